The first-order chi connectivity index (χ1) is 21.7. The van der Waals surface area contributed by atoms with E-state index in [1.807, 2.05) is 48.9 Å². The van der Waals surface area contributed by atoms with Crippen molar-refractivity contribution in [2.75, 3.05) is 0 Å². The third kappa shape index (κ3) is 7.45. The smallest absolute Gasteiger partial charge is 0.103 e. The van der Waals surface area contributed by atoms with E-state index >= 15 is 0 Å². The van der Waals surface area contributed by atoms with Crippen LogP contribution in [0.25, 0.3) is 5.57 Å². The highest BCUT2D eigenvalue weighted by atomic mass is 28.2. The molecule has 6 rings (SSSR count). The van der Waals surface area contributed by atoms with Gasteiger partial charge in [0.25, 0.3) is 0 Å². The molecule has 0 unspecified atom stereocenters. The van der Waals surface area contributed by atoms with Crippen LogP contribution in [0, 0.1) is 0 Å². The molecule has 0 N–H and O–H groups in total. The minimum absolute atomic E-state index is 0.204. The molecule has 44 heavy (non-hydrogen) atoms. The molecule has 0 aliphatic carbocycles. The van der Waals surface area contributed by atoms with Crippen LogP contribution in [0.2, 0.25) is 0 Å². The van der Waals surface area contributed by atoms with E-state index in [4.69, 9.17) is 7.85 Å². The molecule has 0 fully saturated rings. The van der Waals surface area contributed by atoms with Gasteiger partial charge in [0, 0.05) is 12.4 Å². The zero-order chi connectivity index (χ0) is 30.5. The summed E-state index contributed by atoms with van der Waals surface area (Å²) in [5.41, 5.74) is 7.45. The molecule has 0 saturated heterocycles. The Morgan fingerprint density at radius 1 is 0.705 bits per heavy atom. The number of hydrogen-bond donors (Lipinski definition) is 0. The van der Waals surface area contributed by atoms with Crippen molar-refractivity contribution in [2.45, 2.75) is 31.3 Å². The van der Waals surface area contributed by atoms with Gasteiger partial charge >= 0.3 is 0 Å². The summed E-state index contributed by atoms with van der Waals surface area (Å²) in [6, 6.07) is 51.5. The molecule has 2 radical (unpaired) electrons. The molecule has 0 aliphatic heterocycles. The van der Waals surface area contributed by atoms with E-state index in [1.54, 1.807) is 5.98 Å². The number of nitrogens with zero attached hydrogens (tertiary/aromatic N) is 2. The second kappa shape index (κ2) is 15.7. The molecule has 216 valence electrons. The fourth-order valence-corrected chi connectivity index (χ4v) is 8.08. The molecular formula is C40H39BN2Si. The van der Waals surface area contributed by atoms with E-state index in [-0.39, 0.29) is 5.16 Å². The van der Waals surface area contributed by atoms with Crippen molar-refractivity contribution < 1.29 is 0 Å². The molecule has 5 aromatic carbocycles. The number of aryl methyl sites for hydroxylation is 1. The summed E-state index contributed by atoms with van der Waals surface area (Å²) in [6.07, 6.45) is 9.64. The Hall–Kier alpha value is -4.67. The van der Waals surface area contributed by atoms with Gasteiger partial charge in [-0.25, -0.2) is 4.98 Å². The third-order valence-corrected chi connectivity index (χ3v) is 10.7. The van der Waals surface area contributed by atoms with Crippen LogP contribution in [0.3, 0.4) is 0 Å². The van der Waals surface area contributed by atoms with Gasteiger partial charge in [-0.05, 0) is 46.2 Å². The van der Waals surface area contributed by atoms with Gasteiger partial charge in [0.05, 0.1) is 21.0 Å². The summed E-state index contributed by atoms with van der Waals surface area (Å²) >= 11 is 0. The van der Waals surface area contributed by atoms with Crippen LogP contribution in [0.5, 0.6) is 0 Å². The van der Waals surface area contributed by atoms with E-state index in [1.165, 1.54) is 41.1 Å². The number of hydrogen-bond acceptors (Lipinski definition) is 1. The summed E-state index contributed by atoms with van der Waals surface area (Å²) in [7, 11) is 4.89. The second-order valence-electron chi connectivity index (χ2n) is 11.0. The predicted octanol–water partition coefficient (Wildman–Crippen LogP) is 7.71. The van der Waals surface area contributed by atoms with Crippen molar-refractivity contribution in [3.05, 3.63) is 198 Å². The predicted molar refractivity (Wildman–Crippen MR) is 190 cm³/mol. The average Bonchev–Trinajstić information content (AvgIpc) is 3.65. The molecule has 0 bridgehead atoms. The highest BCUT2D eigenvalue weighted by Crippen LogP contribution is 2.33. The molecular weight excluding hydrogens is 547 g/mol. The van der Waals surface area contributed by atoms with E-state index in [9.17, 15) is 0 Å². The van der Waals surface area contributed by atoms with Crippen LogP contribution >= 0.6 is 0 Å². The van der Waals surface area contributed by atoms with Crippen molar-refractivity contribution in [3.63, 3.8) is 0 Å². The first kappa shape index (κ1) is 30.8. The van der Waals surface area contributed by atoms with Crippen molar-refractivity contribution >= 4 is 28.1 Å². The molecule has 0 saturated carbocycles. The van der Waals surface area contributed by atoms with E-state index in [0.29, 0.717) is 0 Å². The van der Waals surface area contributed by atoms with Gasteiger partial charge in [-0.1, -0.05) is 164 Å². The highest BCUT2D eigenvalue weighted by molar-refractivity contribution is 6.57. The van der Waals surface area contributed by atoms with Gasteiger partial charge < -0.3 is 4.57 Å². The van der Waals surface area contributed by atoms with E-state index < -0.39 is 9.52 Å². The maximum Gasteiger partial charge on any atom is 0.103 e. The molecule has 1 heterocycles. The fourth-order valence-electron chi connectivity index (χ4n) is 5.77. The van der Waals surface area contributed by atoms with Gasteiger partial charge in [0.2, 0.25) is 0 Å². The van der Waals surface area contributed by atoms with Crippen LogP contribution < -0.4 is 5.19 Å². The van der Waals surface area contributed by atoms with E-state index in [0.717, 1.165) is 16.7 Å². The van der Waals surface area contributed by atoms with Crippen molar-refractivity contribution in [1.82, 2.24) is 9.55 Å². The molecule has 1 aromatic heterocycles. The van der Waals surface area contributed by atoms with E-state index in [2.05, 4.69) is 132 Å². The van der Waals surface area contributed by atoms with Crippen LogP contribution in [-0.4, -0.2) is 26.9 Å². The molecule has 2 nitrogen and oxygen atoms in total. The second-order valence-corrected chi connectivity index (χ2v) is 13.2. The van der Waals surface area contributed by atoms with Crippen LogP contribution in [-0.2, 0) is 11.6 Å². The minimum atomic E-state index is -0.782. The van der Waals surface area contributed by atoms with Crippen molar-refractivity contribution in [2.24, 2.45) is 0 Å². The van der Waals surface area contributed by atoms with Crippen molar-refractivity contribution in [3.8, 4) is 0 Å². The maximum absolute atomic E-state index is 5.67. The number of rotatable bonds is 10. The van der Waals surface area contributed by atoms with Gasteiger partial charge in [0.1, 0.15) is 7.85 Å². The Morgan fingerprint density at radius 2 is 1.20 bits per heavy atom. The highest BCUT2D eigenvalue weighted by Gasteiger charge is 2.36. The molecule has 6 aromatic rings. The molecule has 0 spiro atoms. The lowest BCUT2D eigenvalue weighted by atomic mass is 9.92. The Bertz CT molecular complexity index is 1600. The summed E-state index contributed by atoms with van der Waals surface area (Å²) in [5, 5.41) is 1.26. The lowest BCUT2D eigenvalue weighted by molar-refractivity contribution is 0.596. The van der Waals surface area contributed by atoms with Crippen LogP contribution in [0.1, 0.15) is 47.6 Å². The first-order valence-corrected chi connectivity index (χ1v) is 16.9. The monoisotopic (exact) mass is 586 g/mol. The van der Waals surface area contributed by atoms with Gasteiger partial charge in [-0.15, -0.1) is 5.98 Å². The zero-order valence-electron chi connectivity index (χ0n) is 25.5. The number of aromatic nitrogens is 2. The van der Waals surface area contributed by atoms with Crippen molar-refractivity contribution in [1.29, 1.82) is 0 Å². The largest absolute Gasteiger partial charge is 0.326 e. The average molecular weight is 587 g/mol. The molecule has 0 atom stereocenters. The van der Waals surface area contributed by atoms with Crippen LogP contribution in [0.15, 0.2) is 170 Å². The Balaban J connectivity index is 0.000000215. The minimum Gasteiger partial charge on any atom is -0.326 e. The quantitative estimate of drug-likeness (QED) is 0.150. The van der Waals surface area contributed by atoms with Gasteiger partial charge in [0.15, 0.2) is 0 Å². The summed E-state index contributed by atoms with van der Waals surface area (Å²) in [5.74, 6) is 1.66. The summed E-state index contributed by atoms with van der Waals surface area (Å²) in [4.78, 5) is 4.41. The summed E-state index contributed by atoms with van der Waals surface area (Å²) < 4.78 is 2.31. The maximum atomic E-state index is 5.67. The number of unbranched alkanes of at least 4 members (excludes halogenated alkanes) is 1. The van der Waals surface area contributed by atoms with Crippen LogP contribution in [0.4, 0.5) is 0 Å². The number of benzene rings is 5. The Labute approximate surface area is 266 Å². The Morgan fingerprint density at radius 3 is 1.64 bits per heavy atom. The lowest BCUT2D eigenvalue weighted by Crippen LogP contribution is -2.46. The fraction of sp³-hybridized carbons (Fsp3) is 0.125. The van der Waals surface area contributed by atoms with Gasteiger partial charge in [-0.3, -0.25) is 0 Å². The zero-order valence-corrected chi connectivity index (χ0v) is 26.9. The molecule has 0 amide bonds. The SMILES string of the molecule is CCCCc1ccc([SiH2]C(c2ccccc2)(c2ccccc2)n2ccnc2)cc1.[B]C=C(c1ccccc1)c1ccccc1. The standard InChI is InChI=1S/C26H28N2Si.C14H11B/c1-2-3-10-22-15-17-25(18-16-22)29-26(28-20-19-27-21-28,23-11-6-4-7-12-23)24-13-8-5-9-14-24;15-11-14(12-7-3-1-4-8-12)13-9-5-2-6-10-13/h4-9,11-21H,2-3,10,29H2,1H3;1-11H. The normalized spacial score (nSPS) is 11.1. The van der Waals surface area contributed by atoms with Gasteiger partial charge in [-0.2, -0.15) is 0 Å². The lowest BCUT2D eigenvalue weighted by Gasteiger charge is -2.37. The Kier molecular flexibility index (Phi) is 11.0. The topological polar surface area (TPSA) is 17.8 Å². The first-order valence-electron chi connectivity index (χ1n) is 15.4. The summed E-state index contributed by atoms with van der Waals surface area (Å²) in [6.45, 7) is 2.25. The third-order valence-electron chi connectivity index (χ3n) is 8.09. The molecule has 4 heteroatoms. The molecule has 0 aliphatic rings. The number of imidazole rings is 1.